The van der Waals surface area contributed by atoms with Crippen LogP contribution in [0.3, 0.4) is 0 Å². The van der Waals surface area contributed by atoms with E-state index in [9.17, 15) is 9.59 Å². The van der Waals surface area contributed by atoms with Crippen molar-refractivity contribution in [3.63, 3.8) is 0 Å². The Balaban J connectivity index is 2.18. The molecule has 2 aliphatic heterocycles. The third-order valence-electron chi connectivity index (χ3n) is 3.47. The number of carbonyl (C=O) groups excluding carboxylic acids is 2. The Labute approximate surface area is 96.6 Å². The molecule has 2 heterocycles. The van der Waals surface area contributed by atoms with Crippen LogP contribution in [-0.4, -0.2) is 47.8 Å². The molecule has 2 aliphatic rings. The molecule has 0 spiro atoms. The van der Waals surface area contributed by atoms with Crippen molar-refractivity contribution in [1.29, 1.82) is 0 Å². The standard InChI is InChI=1S/C12H20N2O2/c15-11-12(16)14-8-4-1-3-7-13(11)9-5-2-6-10-14/h1-10H2. The summed E-state index contributed by atoms with van der Waals surface area (Å²) in [5.41, 5.74) is 0. The molecule has 0 aromatic heterocycles. The van der Waals surface area contributed by atoms with Crippen LogP contribution in [0.2, 0.25) is 0 Å². The van der Waals surface area contributed by atoms with E-state index in [4.69, 9.17) is 0 Å². The van der Waals surface area contributed by atoms with E-state index >= 15 is 0 Å². The van der Waals surface area contributed by atoms with E-state index in [0.717, 1.165) is 64.7 Å². The Morgan fingerprint density at radius 3 is 1.19 bits per heavy atom. The first-order valence-electron chi connectivity index (χ1n) is 6.37. The molecule has 90 valence electrons. The van der Waals surface area contributed by atoms with Gasteiger partial charge in [0.15, 0.2) is 0 Å². The molecular formula is C12H20N2O2. The molecule has 2 bridgehead atoms. The van der Waals surface area contributed by atoms with E-state index in [1.165, 1.54) is 0 Å². The summed E-state index contributed by atoms with van der Waals surface area (Å²) in [6.45, 7) is 3.05. The van der Waals surface area contributed by atoms with Gasteiger partial charge >= 0.3 is 11.8 Å². The highest BCUT2D eigenvalue weighted by Gasteiger charge is 2.28. The third-order valence-corrected chi connectivity index (χ3v) is 3.47. The number of hydrogen-bond acceptors (Lipinski definition) is 2. The van der Waals surface area contributed by atoms with Gasteiger partial charge in [-0.2, -0.15) is 0 Å². The van der Waals surface area contributed by atoms with Gasteiger partial charge in [0, 0.05) is 26.2 Å². The van der Waals surface area contributed by atoms with Gasteiger partial charge in [-0.3, -0.25) is 9.59 Å². The minimum absolute atomic E-state index is 0.274. The van der Waals surface area contributed by atoms with Crippen molar-refractivity contribution in [2.75, 3.05) is 26.2 Å². The zero-order valence-corrected chi connectivity index (χ0v) is 9.78. The second-order valence-electron chi connectivity index (χ2n) is 4.71. The Kier molecular flexibility index (Phi) is 3.80. The van der Waals surface area contributed by atoms with Crippen molar-refractivity contribution < 1.29 is 9.59 Å². The summed E-state index contributed by atoms with van der Waals surface area (Å²) in [7, 11) is 0. The summed E-state index contributed by atoms with van der Waals surface area (Å²) in [6, 6.07) is 0. The second-order valence-corrected chi connectivity index (χ2v) is 4.71. The van der Waals surface area contributed by atoms with E-state index in [2.05, 4.69) is 0 Å². The van der Waals surface area contributed by atoms with E-state index in [0.29, 0.717) is 0 Å². The lowest BCUT2D eigenvalue weighted by Crippen LogP contribution is -2.45. The minimum Gasteiger partial charge on any atom is -0.334 e. The number of nitrogens with zero attached hydrogens (tertiary/aromatic N) is 2. The Morgan fingerprint density at radius 1 is 0.562 bits per heavy atom. The van der Waals surface area contributed by atoms with Crippen LogP contribution in [0.4, 0.5) is 0 Å². The predicted molar refractivity (Wildman–Crippen MR) is 60.9 cm³/mol. The molecule has 16 heavy (non-hydrogen) atoms. The molecule has 2 fully saturated rings. The van der Waals surface area contributed by atoms with Crippen molar-refractivity contribution >= 4 is 11.8 Å². The first-order valence-corrected chi connectivity index (χ1v) is 6.37. The maximum Gasteiger partial charge on any atom is 0.312 e. The van der Waals surface area contributed by atoms with Crippen molar-refractivity contribution in [2.45, 2.75) is 38.5 Å². The van der Waals surface area contributed by atoms with Crippen LogP contribution in [0.25, 0.3) is 0 Å². The van der Waals surface area contributed by atoms with E-state index in [1.807, 2.05) is 0 Å². The van der Waals surface area contributed by atoms with Crippen molar-refractivity contribution in [3.8, 4) is 0 Å². The fourth-order valence-corrected chi connectivity index (χ4v) is 2.46. The molecule has 4 heteroatoms. The van der Waals surface area contributed by atoms with Gasteiger partial charge < -0.3 is 9.80 Å². The van der Waals surface area contributed by atoms with Gasteiger partial charge in [0.05, 0.1) is 0 Å². The highest BCUT2D eigenvalue weighted by Crippen LogP contribution is 2.12. The number of carbonyl (C=O) groups is 2. The van der Waals surface area contributed by atoms with Crippen LogP contribution >= 0.6 is 0 Å². The lowest BCUT2D eigenvalue weighted by molar-refractivity contribution is -0.151. The molecule has 0 aliphatic carbocycles. The molecule has 2 amide bonds. The number of amides is 2. The average Bonchev–Trinajstić information content (AvgIpc) is 2.36. The fraction of sp³-hybridized carbons (Fsp3) is 0.833. The number of hydrogen-bond donors (Lipinski definition) is 0. The molecule has 0 N–H and O–H groups in total. The summed E-state index contributed by atoms with van der Waals surface area (Å²) < 4.78 is 0. The number of fused-ring (bicyclic) bond motifs is 3. The smallest absolute Gasteiger partial charge is 0.312 e. The normalized spacial score (nSPS) is 24.2. The second kappa shape index (κ2) is 5.32. The quantitative estimate of drug-likeness (QED) is 0.576. The molecule has 0 aromatic carbocycles. The summed E-state index contributed by atoms with van der Waals surface area (Å²) in [5, 5.41) is 0. The molecule has 0 radical (unpaired) electrons. The molecule has 0 atom stereocenters. The van der Waals surface area contributed by atoms with Crippen LogP contribution in [0.15, 0.2) is 0 Å². The Morgan fingerprint density at radius 2 is 0.875 bits per heavy atom. The molecule has 2 saturated heterocycles. The van der Waals surface area contributed by atoms with Gasteiger partial charge in [0.2, 0.25) is 0 Å². The molecule has 0 aromatic rings. The molecule has 4 nitrogen and oxygen atoms in total. The zero-order chi connectivity index (χ0) is 11.4. The van der Waals surface area contributed by atoms with Crippen molar-refractivity contribution in [3.05, 3.63) is 0 Å². The van der Waals surface area contributed by atoms with Crippen molar-refractivity contribution in [1.82, 2.24) is 9.80 Å². The molecular weight excluding hydrogens is 204 g/mol. The van der Waals surface area contributed by atoms with Gasteiger partial charge in [-0.1, -0.05) is 0 Å². The maximum atomic E-state index is 12.0. The van der Waals surface area contributed by atoms with Gasteiger partial charge in [0.1, 0.15) is 0 Å². The van der Waals surface area contributed by atoms with Crippen LogP contribution in [0.1, 0.15) is 38.5 Å². The first-order chi connectivity index (χ1) is 7.79. The van der Waals surface area contributed by atoms with E-state index in [1.54, 1.807) is 9.80 Å². The largest absolute Gasteiger partial charge is 0.334 e. The maximum absolute atomic E-state index is 12.0. The van der Waals surface area contributed by atoms with Gasteiger partial charge in [-0.25, -0.2) is 0 Å². The lowest BCUT2D eigenvalue weighted by Gasteiger charge is -2.23. The van der Waals surface area contributed by atoms with Crippen LogP contribution < -0.4 is 0 Å². The van der Waals surface area contributed by atoms with E-state index in [-0.39, 0.29) is 11.8 Å². The number of rotatable bonds is 0. The Bertz CT molecular complexity index is 238. The fourth-order valence-electron chi connectivity index (χ4n) is 2.46. The van der Waals surface area contributed by atoms with Crippen LogP contribution in [0, 0.1) is 0 Å². The molecule has 2 rings (SSSR count). The SMILES string of the molecule is O=C1C(=O)N2CCCCCN1CCCCC2. The Hall–Kier alpha value is -1.06. The van der Waals surface area contributed by atoms with Gasteiger partial charge in [-0.15, -0.1) is 0 Å². The average molecular weight is 224 g/mol. The summed E-state index contributed by atoms with van der Waals surface area (Å²) in [5.74, 6) is -0.549. The highest BCUT2D eigenvalue weighted by atomic mass is 16.2. The van der Waals surface area contributed by atoms with E-state index < -0.39 is 0 Å². The van der Waals surface area contributed by atoms with Crippen LogP contribution in [0.5, 0.6) is 0 Å². The monoisotopic (exact) mass is 224 g/mol. The third kappa shape index (κ3) is 2.54. The topological polar surface area (TPSA) is 40.6 Å². The lowest BCUT2D eigenvalue weighted by atomic mass is 10.2. The van der Waals surface area contributed by atoms with Gasteiger partial charge in [0.25, 0.3) is 0 Å². The van der Waals surface area contributed by atoms with Gasteiger partial charge in [-0.05, 0) is 38.5 Å². The summed E-state index contributed by atoms with van der Waals surface area (Å²) in [4.78, 5) is 27.5. The minimum atomic E-state index is -0.274. The molecule has 0 unspecified atom stereocenters. The zero-order valence-electron chi connectivity index (χ0n) is 9.78. The van der Waals surface area contributed by atoms with Crippen LogP contribution in [-0.2, 0) is 9.59 Å². The molecule has 0 saturated carbocycles. The highest BCUT2D eigenvalue weighted by molar-refractivity contribution is 6.34. The summed E-state index contributed by atoms with van der Waals surface area (Å²) >= 11 is 0. The summed E-state index contributed by atoms with van der Waals surface area (Å²) in [6.07, 6.45) is 6.38. The first kappa shape index (κ1) is 11.4. The van der Waals surface area contributed by atoms with Crippen molar-refractivity contribution in [2.24, 2.45) is 0 Å². The predicted octanol–water partition coefficient (Wildman–Crippen LogP) is 1.01.